The lowest BCUT2D eigenvalue weighted by molar-refractivity contribution is -0.139. The molecule has 152 valence electrons. The molecule has 1 amide bonds. The van der Waals surface area contributed by atoms with E-state index in [-0.39, 0.29) is 31.8 Å². The fourth-order valence-corrected chi connectivity index (χ4v) is 4.82. The minimum Gasteiger partial charge on any atom is -0.309 e. The van der Waals surface area contributed by atoms with Gasteiger partial charge in [0, 0.05) is 38.3 Å². The van der Waals surface area contributed by atoms with Gasteiger partial charge in [-0.15, -0.1) is 0 Å². The van der Waals surface area contributed by atoms with Gasteiger partial charge in [0.05, 0.1) is 10.5 Å². The van der Waals surface area contributed by atoms with Crippen LogP contribution in [-0.4, -0.2) is 41.5 Å². The number of hydrogen-bond acceptors (Lipinski definition) is 4. The molecule has 1 saturated heterocycles. The second kappa shape index (κ2) is 7.55. The van der Waals surface area contributed by atoms with Crippen LogP contribution in [0.1, 0.15) is 18.4 Å². The van der Waals surface area contributed by atoms with Crippen molar-refractivity contribution in [3.05, 3.63) is 42.1 Å². The number of carbonyl (C=O) groups excluding carboxylic acids is 1. The maximum atomic E-state index is 13.2. The van der Waals surface area contributed by atoms with Gasteiger partial charge in [0.25, 0.3) is 0 Å². The minimum atomic E-state index is -4.77. The standard InChI is InChI=1S/C17H19F3N4O3S/c1-23-9-8-15(22-23)21-16(25)12-6-10-24(11-7-12)28(26,27)14-5-3-2-4-13(14)17(18,19)20/h2-5,8-9,12H,6-7,10-11H2,1H3,(H,21,22,25). The number of nitrogens with zero attached hydrogens (tertiary/aromatic N) is 3. The zero-order chi connectivity index (χ0) is 20.5. The summed E-state index contributed by atoms with van der Waals surface area (Å²) in [7, 11) is -2.61. The molecule has 7 nitrogen and oxygen atoms in total. The zero-order valence-electron chi connectivity index (χ0n) is 15.0. The number of nitrogens with one attached hydrogen (secondary N) is 1. The first-order valence-electron chi connectivity index (χ1n) is 8.56. The molecule has 28 heavy (non-hydrogen) atoms. The van der Waals surface area contributed by atoms with Crippen molar-refractivity contribution in [3.8, 4) is 0 Å². The van der Waals surface area contributed by atoms with Crippen LogP contribution in [0.5, 0.6) is 0 Å². The van der Waals surface area contributed by atoms with Crippen LogP contribution in [0.2, 0.25) is 0 Å². The minimum absolute atomic E-state index is 0.0329. The summed E-state index contributed by atoms with van der Waals surface area (Å²) in [6.07, 6.45) is -2.67. The molecule has 0 aliphatic carbocycles. The van der Waals surface area contributed by atoms with Gasteiger partial charge in [-0.25, -0.2) is 8.42 Å². The number of benzene rings is 1. The number of aryl methyl sites for hydroxylation is 1. The molecular formula is C17H19F3N4O3S. The van der Waals surface area contributed by atoms with E-state index in [1.54, 1.807) is 19.3 Å². The number of halogens is 3. The molecule has 11 heteroatoms. The van der Waals surface area contributed by atoms with E-state index in [1.165, 1.54) is 10.7 Å². The molecule has 1 aliphatic heterocycles. The maximum absolute atomic E-state index is 13.2. The molecule has 0 bridgehead atoms. The lowest BCUT2D eigenvalue weighted by atomic mass is 9.97. The number of piperidine rings is 1. The summed E-state index contributed by atoms with van der Waals surface area (Å²) < 4.78 is 67.5. The van der Waals surface area contributed by atoms with Crippen LogP contribution < -0.4 is 5.32 Å². The summed E-state index contributed by atoms with van der Waals surface area (Å²) in [4.78, 5) is 11.5. The van der Waals surface area contributed by atoms with Gasteiger partial charge in [0.2, 0.25) is 15.9 Å². The number of sulfonamides is 1. The molecule has 0 radical (unpaired) electrons. The normalized spacial score (nSPS) is 16.9. The molecule has 3 rings (SSSR count). The summed E-state index contributed by atoms with van der Waals surface area (Å²) in [6.45, 7) is -0.0658. The molecule has 0 spiro atoms. The molecule has 1 aliphatic rings. The van der Waals surface area contributed by atoms with Crippen LogP contribution in [-0.2, 0) is 28.0 Å². The van der Waals surface area contributed by atoms with Crippen molar-refractivity contribution in [3.63, 3.8) is 0 Å². The van der Waals surface area contributed by atoms with Crippen LogP contribution in [0, 0.1) is 5.92 Å². The third kappa shape index (κ3) is 4.20. The number of carbonyl (C=O) groups is 1. The van der Waals surface area contributed by atoms with Crippen LogP contribution in [0.4, 0.5) is 19.0 Å². The summed E-state index contributed by atoms with van der Waals surface area (Å²) >= 11 is 0. The van der Waals surface area contributed by atoms with Gasteiger partial charge in [-0.1, -0.05) is 12.1 Å². The smallest absolute Gasteiger partial charge is 0.309 e. The third-order valence-electron chi connectivity index (χ3n) is 4.60. The average molecular weight is 416 g/mol. The number of amides is 1. The predicted octanol–water partition coefficient (Wildman–Crippen LogP) is 2.48. The van der Waals surface area contributed by atoms with Crippen molar-refractivity contribution >= 4 is 21.7 Å². The maximum Gasteiger partial charge on any atom is 0.417 e. The highest BCUT2D eigenvalue weighted by atomic mass is 32.2. The monoisotopic (exact) mass is 416 g/mol. The van der Waals surface area contributed by atoms with E-state index in [0.29, 0.717) is 5.82 Å². The molecule has 0 unspecified atom stereocenters. The molecule has 0 atom stereocenters. The van der Waals surface area contributed by atoms with Crippen molar-refractivity contribution in [2.75, 3.05) is 18.4 Å². The molecule has 1 aromatic heterocycles. The van der Waals surface area contributed by atoms with E-state index in [4.69, 9.17) is 0 Å². The van der Waals surface area contributed by atoms with Gasteiger partial charge < -0.3 is 5.32 Å². The van der Waals surface area contributed by atoms with Gasteiger partial charge in [-0.05, 0) is 25.0 Å². The van der Waals surface area contributed by atoms with Crippen LogP contribution in [0.3, 0.4) is 0 Å². The van der Waals surface area contributed by atoms with Crippen molar-refractivity contribution in [1.29, 1.82) is 0 Å². The topological polar surface area (TPSA) is 84.3 Å². The molecule has 0 saturated carbocycles. The largest absolute Gasteiger partial charge is 0.417 e. The van der Waals surface area contributed by atoms with Gasteiger partial charge in [-0.3, -0.25) is 9.48 Å². The SMILES string of the molecule is Cn1ccc(NC(=O)C2CCN(S(=O)(=O)c3ccccc3C(F)(F)F)CC2)n1. The van der Waals surface area contributed by atoms with E-state index in [2.05, 4.69) is 10.4 Å². The molecule has 1 N–H and O–H groups in total. The molecule has 1 aromatic carbocycles. The first kappa shape index (κ1) is 20.3. The summed E-state index contributed by atoms with van der Waals surface area (Å²) in [6, 6.07) is 5.74. The Balaban J connectivity index is 1.70. The van der Waals surface area contributed by atoms with E-state index in [9.17, 15) is 26.4 Å². The second-order valence-corrected chi connectivity index (χ2v) is 8.44. The van der Waals surface area contributed by atoms with Crippen LogP contribution in [0.25, 0.3) is 0 Å². The summed E-state index contributed by atoms with van der Waals surface area (Å²) in [5.74, 6) is -0.334. The van der Waals surface area contributed by atoms with Gasteiger partial charge >= 0.3 is 6.18 Å². The lowest BCUT2D eigenvalue weighted by Gasteiger charge is -2.31. The van der Waals surface area contributed by atoms with E-state index in [1.807, 2.05) is 0 Å². The number of anilines is 1. The second-order valence-electron chi connectivity index (χ2n) is 6.54. The Morgan fingerprint density at radius 1 is 1.18 bits per heavy atom. The average Bonchev–Trinajstić information content (AvgIpc) is 3.06. The van der Waals surface area contributed by atoms with Gasteiger partial charge in [-0.2, -0.15) is 22.6 Å². The first-order chi connectivity index (χ1) is 13.1. The number of alkyl halides is 3. The highest BCUT2D eigenvalue weighted by Gasteiger charge is 2.40. The third-order valence-corrected chi connectivity index (χ3v) is 6.56. The zero-order valence-corrected chi connectivity index (χ0v) is 15.8. The van der Waals surface area contributed by atoms with E-state index >= 15 is 0 Å². The Labute approximate surface area is 160 Å². The highest BCUT2D eigenvalue weighted by molar-refractivity contribution is 7.89. The summed E-state index contributed by atoms with van der Waals surface area (Å²) in [5.41, 5.74) is -1.19. The molecular weight excluding hydrogens is 397 g/mol. The molecule has 2 aromatic rings. The van der Waals surface area contributed by atoms with E-state index < -0.39 is 32.6 Å². The Morgan fingerprint density at radius 3 is 2.39 bits per heavy atom. The number of aromatic nitrogens is 2. The van der Waals surface area contributed by atoms with Crippen LogP contribution >= 0.6 is 0 Å². The Hall–Kier alpha value is -2.40. The molecule has 2 heterocycles. The lowest BCUT2D eigenvalue weighted by Crippen LogP contribution is -2.41. The van der Waals surface area contributed by atoms with Crippen molar-refractivity contribution < 1.29 is 26.4 Å². The van der Waals surface area contributed by atoms with Crippen LogP contribution in [0.15, 0.2) is 41.4 Å². The van der Waals surface area contributed by atoms with Gasteiger partial charge in [0.1, 0.15) is 0 Å². The Kier molecular flexibility index (Phi) is 5.48. The first-order valence-corrected chi connectivity index (χ1v) is 10.00. The van der Waals surface area contributed by atoms with E-state index in [0.717, 1.165) is 22.5 Å². The highest BCUT2D eigenvalue weighted by Crippen LogP contribution is 2.36. The molecule has 1 fully saturated rings. The van der Waals surface area contributed by atoms with Gasteiger partial charge in [0.15, 0.2) is 5.82 Å². The summed E-state index contributed by atoms with van der Waals surface area (Å²) in [5, 5.41) is 6.70. The fourth-order valence-electron chi connectivity index (χ4n) is 3.13. The predicted molar refractivity (Wildman–Crippen MR) is 94.8 cm³/mol. The quantitative estimate of drug-likeness (QED) is 0.830. The van der Waals surface area contributed by atoms with Crippen molar-refractivity contribution in [2.45, 2.75) is 23.9 Å². The number of hydrogen-bond donors (Lipinski definition) is 1. The van der Waals surface area contributed by atoms with Crippen molar-refractivity contribution in [1.82, 2.24) is 14.1 Å². The van der Waals surface area contributed by atoms with Crippen molar-refractivity contribution in [2.24, 2.45) is 13.0 Å². The Bertz CT molecular complexity index is 964. The number of rotatable bonds is 4. The fraction of sp³-hybridized carbons (Fsp3) is 0.412. The Morgan fingerprint density at radius 2 is 1.82 bits per heavy atom.